The van der Waals surface area contributed by atoms with Gasteiger partial charge in [-0.25, -0.2) is 8.42 Å². The highest BCUT2D eigenvalue weighted by molar-refractivity contribution is 7.89. The third-order valence-corrected chi connectivity index (χ3v) is 8.98. The molecule has 1 aliphatic heterocycles. The number of aromatic nitrogens is 1. The third-order valence-electron chi connectivity index (χ3n) is 6.96. The fourth-order valence-corrected chi connectivity index (χ4v) is 6.78. The molecule has 2 heterocycles. The van der Waals surface area contributed by atoms with E-state index in [0.29, 0.717) is 25.1 Å². The molecule has 1 unspecified atom stereocenters. The van der Waals surface area contributed by atoms with Gasteiger partial charge in [-0.15, -0.1) is 0 Å². The second-order valence-electron chi connectivity index (χ2n) is 10.1. The number of aryl methyl sites for hydroxylation is 6. The highest BCUT2D eigenvalue weighted by atomic mass is 32.2. The van der Waals surface area contributed by atoms with Crippen LogP contribution in [0.3, 0.4) is 0 Å². The largest absolute Gasteiger partial charge is 0.355 e. The number of nitrogens with zero attached hydrogens (tertiary/aromatic N) is 2. The summed E-state index contributed by atoms with van der Waals surface area (Å²) in [5, 5.41) is 7.01. The summed E-state index contributed by atoms with van der Waals surface area (Å²) in [6.45, 7) is 12.1. The zero-order valence-corrected chi connectivity index (χ0v) is 23.2. The summed E-state index contributed by atoms with van der Waals surface area (Å²) in [5.74, 6) is -0.416. The minimum absolute atomic E-state index is 0.0559. The first-order valence-electron chi connectivity index (χ1n) is 12.6. The number of piperidine rings is 1. The van der Waals surface area contributed by atoms with Gasteiger partial charge in [0.2, 0.25) is 15.9 Å². The van der Waals surface area contributed by atoms with Gasteiger partial charge >= 0.3 is 0 Å². The van der Waals surface area contributed by atoms with Crippen LogP contribution in [0, 0.1) is 47.5 Å². The van der Waals surface area contributed by atoms with Crippen LogP contribution < -0.4 is 5.32 Å². The lowest BCUT2D eigenvalue weighted by molar-refractivity contribution is -0.120. The molecule has 0 radical (unpaired) electrons. The molecule has 2 aromatic carbocycles. The van der Waals surface area contributed by atoms with Gasteiger partial charge in [-0.3, -0.25) is 4.79 Å². The molecule has 1 aliphatic rings. The van der Waals surface area contributed by atoms with Gasteiger partial charge in [-0.1, -0.05) is 52.7 Å². The van der Waals surface area contributed by atoms with Gasteiger partial charge in [0.15, 0.2) is 10.7 Å². The van der Waals surface area contributed by atoms with Gasteiger partial charge in [0.1, 0.15) is 5.69 Å². The Morgan fingerprint density at radius 3 is 2.41 bits per heavy atom. The van der Waals surface area contributed by atoms with E-state index < -0.39 is 15.9 Å². The minimum atomic E-state index is -3.92. The standard InChI is InChI=1S/C29H35N3O4S/c1-18-9-10-20(3)24(16-18)11-12-26-28(23(6)31-36-26)37(34,35)32-13-7-8-25(17-32)29(33)30-27-21(4)14-19(2)15-22(27)5/h9-12,14-16,25H,7-8,13,17H2,1-6H3,(H,30,33)/b12-11+. The fraction of sp³-hybridized carbons (Fsp3) is 0.379. The summed E-state index contributed by atoms with van der Waals surface area (Å²) in [4.78, 5) is 13.2. The average Bonchev–Trinajstić information content (AvgIpc) is 3.22. The van der Waals surface area contributed by atoms with Gasteiger partial charge in [0, 0.05) is 18.8 Å². The molecule has 0 spiro atoms. The summed E-state index contributed by atoms with van der Waals surface area (Å²) in [6.07, 6.45) is 4.73. The molecule has 7 nitrogen and oxygen atoms in total. The Balaban J connectivity index is 1.56. The molecule has 1 N–H and O–H groups in total. The molecule has 1 saturated heterocycles. The van der Waals surface area contributed by atoms with Crippen LogP contribution >= 0.6 is 0 Å². The zero-order valence-electron chi connectivity index (χ0n) is 22.4. The second-order valence-corrected chi connectivity index (χ2v) is 12.0. The van der Waals surface area contributed by atoms with Crippen molar-refractivity contribution in [1.29, 1.82) is 0 Å². The number of carbonyl (C=O) groups excluding carboxylic acids is 1. The number of rotatable bonds is 6. The van der Waals surface area contributed by atoms with Crippen LogP contribution in [0.4, 0.5) is 5.69 Å². The lowest BCUT2D eigenvalue weighted by atomic mass is 9.98. The number of hydrogen-bond acceptors (Lipinski definition) is 5. The Kier molecular flexibility index (Phi) is 7.71. The third kappa shape index (κ3) is 5.70. The molecule has 1 aromatic heterocycles. The van der Waals surface area contributed by atoms with Gasteiger partial charge < -0.3 is 9.84 Å². The van der Waals surface area contributed by atoms with Crippen molar-refractivity contribution < 1.29 is 17.7 Å². The number of anilines is 1. The van der Waals surface area contributed by atoms with Crippen molar-refractivity contribution in [2.24, 2.45) is 5.92 Å². The van der Waals surface area contributed by atoms with Gasteiger partial charge in [0.25, 0.3) is 0 Å². The molecule has 1 amide bonds. The predicted octanol–water partition coefficient (Wildman–Crippen LogP) is 5.73. The Morgan fingerprint density at radius 1 is 1.00 bits per heavy atom. The quantitative estimate of drug-likeness (QED) is 0.447. The number of hydrogen-bond donors (Lipinski definition) is 1. The molecule has 3 aromatic rings. The monoisotopic (exact) mass is 521 g/mol. The van der Waals surface area contributed by atoms with Crippen LogP contribution in [0.25, 0.3) is 12.2 Å². The summed E-state index contributed by atoms with van der Waals surface area (Å²) < 4.78 is 34.3. The Hall–Kier alpha value is -3.23. The van der Waals surface area contributed by atoms with Crippen molar-refractivity contribution in [3.05, 3.63) is 75.2 Å². The van der Waals surface area contributed by atoms with Crippen molar-refractivity contribution in [2.45, 2.75) is 59.3 Å². The van der Waals surface area contributed by atoms with Gasteiger partial charge in [0.05, 0.1) is 5.92 Å². The van der Waals surface area contributed by atoms with Crippen LogP contribution in [0.1, 0.15) is 57.7 Å². The van der Waals surface area contributed by atoms with E-state index in [2.05, 4.69) is 10.5 Å². The molecule has 0 saturated carbocycles. The lowest BCUT2D eigenvalue weighted by Crippen LogP contribution is -2.44. The van der Waals surface area contributed by atoms with E-state index in [4.69, 9.17) is 4.52 Å². The van der Waals surface area contributed by atoms with E-state index in [0.717, 1.165) is 39.1 Å². The minimum Gasteiger partial charge on any atom is -0.355 e. The summed E-state index contributed by atoms with van der Waals surface area (Å²) in [5.41, 5.74) is 7.38. The van der Waals surface area contributed by atoms with Crippen LogP contribution in [0.5, 0.6) is 0 Å². The van der Waals surface area contributed by atoms with E-state index in [1.165, 1.54) is 4.31 Å². The second kappa shape index (κ2) is 10.6. The number of nitrogens with one attached hydrogen (secondary N) is 1. The van der Waals surface area contributed by atoms with E-state index in [-0.39, 0.29) is 23.1 Å². The number of sulfonamides is 1. The van der Waals surface area contributed by atoms with Crippen molar-refractivity contribution in [3.63, 3.8) is 0 Å². The summed E-state index contributed by atoms with van der Waals surface area (Å²) in [6, 6.07) is 10.2. The van der Waals surface area contributed by atoms with Crippen LogP contribution in [0.2, 0.25) is 0 Å². The molecule has 196 valence electrons. The maximum atomic E-state index is 13.8. The van der Waals surface area contributed by atoms with Crippen molar-refractivity contribution in [1.82, 2.24) is 9.46 Å². The van der Waals surface area contributed by atoms with E-state index >= 15 is 0 Å². The molecular formula is C29H35N3O4S. The highest BCUT2D eigenvalue weighted by Crippen LogP contribution is 2.31. The normalized spacial score (nSPS) is 16.9. The lowest BCUT2D eigenvalue weighted by Gasteiger charge is -2.31. The predicted molar refractivity (Wildman–Crippen MR) is 147 cm³/mol. The van der Waals surface area contributed by atoms with Crippen LogP contribution in [-0.4, -0.2) is 36.9 Å². The molecule has 1 atom stereocenters. The van der Waals surface area contributed by atoms with Crippen LogP contribution in [0.15, 0.2) is 39.8 Å². The van der Waals surface area contributed by atoms with E-state index in [1.807, 2.05) is 71.0 Å². The van der Waals surface area contributed by atoms with Crippen molar-refractivity contribution in [3.8, 4) is 0 Å². The molecule has 4 rings (SSSR count). The van der Waals surface area contributed by atoms with Gasteiger partial charge in [-0.05, 0) is 82.7 Å². The molecule has 0 bridgehead atoms. The maximum absolute atomic E-state index is 13.8. The molecule has 1 fully saturated rings. The highest BCUT2D eigenvalue weighted by Gasteiger charge is 2.37. The Labute approximate surface area is 219 Å². The summed E-state index contributed by atoms with van der Waals surface area (Å²) in [7, 11) is -3.92. The summed E-state index contributed by atoms with van der Waals surface area (Å²) >= 11 is 0. The first kappa shape index (κ1) is 26.8. The molecule has 8 heteroatoms. The molecule has 0 aliphatic carbocycles. The van der Waals surface area contributed by atoms with Crippen LogP contribution in [-0.2, 0) is 14.8 Å². The average molecular weight is 522 g/mol. The topological polar surface area (TPSA) is 92.5 Å². The Bertz CT molecular complexity index is 1450. The zero-order chi connectivity index (χ0) is 26.9. The first-order chi connectivity index (χ1) is 17.5. The maximum Gasteiger partial charge on any atom is 0.248 e. The van der Waals surface area contributed by atoms with Crippen molar-refractivity contribution in [2.75, 3.05) is 18.4 Å². The van der Waals surface area contributed by atoms with E-state index in [1.54, 1.807) is 13.0 Å². The first-order valence-corrected chi connectivity index (χ1v) is 14.0. The Morgan fingerprint density at radius 2 is 1.70 bits per heavy atom. The number of carbonyl (C=O) groups is 1. The molecular weight excluding hydrogens is 486 g/mol. The van der Waals surface area contributed by atoms with E-state index in [9.17, 15) is 13.2 Å². The SMILES string of the molecule is Cc1cc(C)c(NC(=O)C2CCCN(S(=O)(=O)c3c(C)noc3/C=C/c3cc(C)ccc3C)C2)c(C)c1. The number of amides is 1. The fourth-order valence-electron chi connectivity index (χ4n) is 5.01. The molecule has 37 heavy (non-hydrogen) atoms. The van der Waals surface area contributed by atoms with Gasteiger partial charge in [-0.2, -0.15) is 4.31 Å². The number of benzene rings is 2. The van der Waals surface area contributed by atoms with Crippen molar-refractivity contribution >= 4 is 33.8 Å². The smallest absolute Gasteiger partial charge is 0.248 e.